The van der Waals surface area contributed by atoms with Crippen molar-refractivity contribution >= 4 is 27.3 Å². The van der Waals surface area contributed by atoms with Gasteiger partial charge in [-0.05, 0) is 31.0 Å². The Labute approximate surface area is 172 Å². The molecule has 162 valence electrons. The maximum absolute atomic E-state index is 14.7. The lowest BCUT2D eigenvalue weighted by atomic mass is 10.0. The van der Waals surface area contributed by atoms with Gasteiger partial charge in [0.15, 0.2) is 14.6 Å². The number of rotatable bonds is 7. The van der Waals surface area contributed by atoms with Crippen LogP contribution in [-0.2, 0) is 26.0 Å². The summed E-state index contributed by atoms with van der Waals surface area (Å²) in [6.45, 7) is 2.16. The second-order valence-corrected chi connectivity index (χ2v) is 9.47. The van der Waals surface area contributed by atoms with E-state index in [1.165, 1.54) is 18.5 Å². The van der Waals surface area contributed by atoms with Gasteiger partial charge in [0, 0.05) is 43.2 Å². The normalized spacial score (nSPS) is 13.4. The van der Waals surface area contributed by atoms with Crippen molar-refractivity contribution in [3.63, 3.8) is 0 Å². The average molecular weight is 439 g/mol. The maximum atomic E-state index is 14.7. The van der Waals surface area contributed by atoms with Gasteiger partial charge in [-0.15, -0.1) is 0 Å². The van der Waals surface area contributed by atoms with E-state index in [-0.39, 0.29) is 24.4 Å². The Morgan fingerprint density at radius 2 is 1.93 bits per heavy atom. The van der Waals surface area contributed by atoms with Gasteiger partial charge in [-0.2, -0.15) is 0 Å². The zero-order valence-electron chi connectivity index (χ0n) is 16.6. The van der Waals surface area contributed by atoms with E-state index < -0.39 is 31.9 Å². The van der Waals surface area contributed by atoms with Crippen molar-refractivity contribution in [2.45, 2.75) is 31.6 Å². The number of aromatic nitrogens is 1. The highest BCUT2D eigenvalue weighted by molar-refractivity contribution is 7.92. The fourth-order valence-electron chi connectivity index (χ4n) is 2.83. The summed E-state index contributed by atoms with van der Waals surface area (Å²) in [5.74, 6) is -2.20. The van der Waals surface area contributed by atoms with Crippen molar-refractivity contribution in [1.82, 2.24) is 10.0 Å². The van der Waals surface area contributed by atoms with E-state index in [9.17, 15) is 27.2 Å². The third kappa shape index (κ3) is 4.92. The molecule has 1 aromatic carbocycles. The van der Waals surface area contributed by atoms with Crippen molar-refractivity contribution in [2.75, 3.05) is 11.6 Å². The van der Waals surface area contributed by atoms with Gasteiger partial charge in [-0.25, -0.2) is 18.3 Å². The number of carbonyl (C=O) groups excluding carboxylic acids is 2. The Balaban J connectivity index is 2.37. The molecule has 2 amide bonds. The number of sulfone groups is 1. The SMILES string of the molecule is CC(=O)Nc1cccc(-c2cc(=O)n(CCC(C)(C(=O)NO)S(C)(=O)=O)cc2F)c1. The van der Waals surface area contributed by atoms with E-state index in [4.69, 9.17) is 5.21 Å². The zero-order valence-corrected chi connectivity index (χ0v) is 17.4. The van der Waals surface area contributed by atoms with Gasteiger partial charge in [0.2, 0.25) is 5.91 Å². The van der Waals surface area contributed by atoms with Gasteiger partial charge in [-0.3, -0.25) is 19.6 Å². The minimum atomic E-state index is -3.95. The number of carbonyl (C=O) groups is 2. The number of halogens is 1. The van der Waals surface area contributed by atoms with Gasteiger partial charge in [0.05, 0.1) is 0 Å². The Hall–Kier alpha value is -3.05. The first-order chi connectivity index (χ1) is 13.9. The van der Waals surface area contributed by atoms with Crippen molar-refractivity contribution in [2.24, 2.45) is 0 Å². The van der Waals surface area contributed by atoms with Crippen LogP contribution in [0.3, 0.4) is 0 Å². The van der Waals surface area contributed by atoms with E-state index in [0.717, 1.165) is 30.0 Å². The van der Waals surface area contributed by atoms with Crippen LogP contribution in [-0.4, -0.2) is 41.0 Å². The number of pyridine rings is 1. The van der Waals surface area contributed by atoms with Crippen LogP contribution in [0.25, 0.3) is 11.1 Å². The maximum Gasteiger partial charge on any atom is 0.264 e. The highest BCUT2D eigenvalue weighted by Gasteiger charge is 2.43. The van der Waals surface area contributed by atoms with Crippen molar-refractivity contribution in [3.05, 3.63) is 52.7 Å². The van der Waals surface area contributed by atoms with E-state index in [1.54, 1.807) is 18.2 Å². The third-order valence-corrected chi connectivity index (χ3v) is 6.83. The molecule has 0 aliphatic heterocycles. The lowest BCUT2D eigenvalue weighted by molar-refractivity contribution is -0.131. The number of benzene rings is 1. The number of hydrogen-bond donors (Lipinski definition) is 3. The smallest absolute Gasteiger partial charge is 0.264 e. The molecule has 2 aromatic rings. The number of nitrogens with one attached hydrogen (secondary N) is 2. The molecule has 0 spiro atoms. The third-order valence-electron chi connectivity index (χ3n) is 4.80. The highest BCUT2D eigenvalue weighted by atomic mass is 32.2. The van der Waals surface area contributed by atoms with Gasteiger partial charge < -0.3 is 9.88 Å². The molecule has 0 saturated carbocycles. The molecule has 1 unspecified atom stereocenters. The van der Waals surface area contributed by atoms with Gasteiger partial charge in [-0.1, -0.05) is 12.1 Å². The molecule has 1 atom stereocenters. The minimum Gasteiger partial charge on any atom is -0.326 e. The molecule has 0 saturated heterocycles. The highest BCUT2D eigenvalue weighted by Crippen LogP contribution is 2.25. The zero-order chi connectivity index (χ0) is 22.7. The van der Waals surface area contributed by atoms with Crippen LogP contribution >= 0.6 is 0 Å². The molecular formula is C19H22FN3O6S. The van der Waals surface area contributed by atoms with Crippen LogP contribution < -0.4 is 16.4 Å². The van der Waals surface area contributed by atoms with Crippen LogP contribution in [0.5, 0.6) is 0 Å². The molecule has 11 heteroatoms. The summed E-state index contributed by atoms with van der Waals surface area (Å²) in [4.78, 5) is 35.5. The first-order valence-electron chi connectivity index (χ1n) is 8.81. The average Bonchev–Trinajstić information content (AvgIpc) is 2.66. The van der Waals surface area contributed by atoms with E-state index in [2.05, 4.69) is 5.32 Å². The summed E-state index contributed by atoms with van der Waals surface area (Å²) in [5, 5.41) is 11.4. The Morgan fingerprint density at radius 1 is 1.27 bits per heavy atom. The van der Waals surface area contributed by atoms with Crippen LogP contribution in [0.1, 0.15) is 20.3 Å². The van der Waals surface area contributed by atoms with Crippen molar-refractivity contribution < 1.29 is 27.6 Å². The first-order valence-corrected chi connectivity index (χ1v) is 10.7. The van der Waals surface area contributed by atoms with Crippen LogP contribution in [0.4, 0.5) is 10.1 Å². The molecule has 0 radical (unpaired) electrons. The lowest BCUT2D eigenvalue weighted by Gasteiger charge is -2.25. The molecule has 0 fully saturated rings. The largest absolute Gasteiger partial charge is 0.326 e. The standard InChI is InChI=1S/C19H22FN3O6S/c1-12(24)21-14-6-4-5-13(9-14)15-10-17(25)23(11-16(15)20)8-7-19(2,18(26)22-27)30(3,28)29/h4-6,9-11,27H,7-8H2,1-3H3,(H,21,24)(H,22,26). The molecule has 0 bridgehead atoms. The summed E-state index contributed by atoms with van der Waals surface area (Å²) in [6, 6.07) is 7.33. The number of hydrogen-bond acceptors (Lipinski definition) is 6. The Morgan fingerprint density at radius 3 is 2.50 bits per heavy atom. The monoisotopic (exact) mass is 439 g/mol. The van der Waals surface area contributed by atoms with Crippen LogP contribution in [0.2, 0.25) is 0 Å². The Bertz CT molecular complexity index is 1150. The first kappa shape index (κ1) is 23.2. The Kier molecular flexibility index (Phi) is 6.78. The number of amides is 2. The molecule has 0 aliphatic carbocycles. The molecule has 30 heavy (non-hydrogen) atoms. The summed E-state index contributed by atoms with van der Waals surface area (Å²) in [7, 11) is -3.95. The quantitative estimate of drug-likeness (QED) is 0.440. The van der Waals surface area contributed by atoms with Crippen LogP contribution in [0.15, 0.2) is 41.3 Å². The van der Waals surface area contributed by atoms with Crippen molar-refractivity contribution in [3.8, 4) is 11.1 Å². The number of nitrogens with zero attached hydrogens (tertiary/aromatic N) is 1. The summed E-state index contributed by atoms with van der Waals surface area (Å²) in [6.07, 6.45) is 1.38. The van der Waals surface area contributed by atoms with Crippen molar-refractivity contribution in [1.29, 1.82) is 0 Å². The summed E-state index contributed by atoms with van der Waals surface area (Å²) >= 11 is 0. The molecule has 1 heterocycles. The fraction of sp³-hybridized carbons (Fsp3) is 0.316. The molecular weight excluding hydrogens is 417 g/mol. The summed E-state index contributed by atoms with van der Waals surface area (Å²) < 4.78 is 37.7. The predicted molar refractivity (Wildman–Crippen MR) is 108 cm³/mol. The minimum absolute atomic E-state index is 0.00225. The molecule has 9 nitrogen and oxygen atoms in total. The van der Waals surface area contributed by atoms with Crippen LogP contribution in [0, 0.1) is 5.82 Å². The molecule has 3 N–H and O–H groups in total. The lowest BCUT2D eigenvalue weighted by Crippen LogP contribution is -2.50. The second-order valence-electron chi connectivity index (χ2n) is 7.02. The fourth-order valence-corrected chi connectivity index (χ4v) is 3.67. The molecule has 1 aromatic heterocycles. The van der Waals surface area contributed by atoms with E-state index in [0.29, 0.717) is 11.3 Å². The molecule has 2 rings (SSSR count). The van der Waals surface area contributed by atoms with Gasteiger partial charge in [0.25, 0.3) is 11.5 Å². The predicted octanol–water partition coefficient (Wildman–Crippen LogP) is 1.31. The van der Waals surface area contributed by atoms with Gasteiger partial charge >= 0.3 is 0 Å². The summed E-state index contributed by atoms with van der Waals surface area (Å²) in [5.41, 5.74) is 1.50. The number of anilines is 1. The van der Waals surface area contributed by atoms with E-state index >= 15 is 0 Å². The van der Waals surface area contributed by atoms with E-state index in [1.807, 2.05) is 0 Å². The second kappa shape index (κ2) is 8.76. The van der Waals surface area contributed by atoms with Gasteiger partial charge in [0.1, 0.15) is 5.82 Å². The number of aryl methyl sites for hydroxylation is 1. The molecule has 0 aliphatic rings. The number of hydroxylamine groups is 1. The topological polar surface area (TPSA) is 135 Å².